The molecule has 2 heterocycles. The van der Waals surface area contributed by atoms with Crippen LogP contribution in [-0.4, -0.2) is 50.7 Å². The lowest BCUT2D eigenvalue weighted by Crippen LogP contribution is -2.37. The summed E-state index contributed by atoms with van der Waals surface area (Å²) in [7, 11) is 2.09. The molecule has 0 aliphatic carbocycles. The van der Waals surface area contributed by atoms with Crippen molar-refractivity contribution in [3.05, 3.63) is 0 Å². The summed E-state index contributed by atoms with van der Waals surface area (Å²) in [5, 5.41) is 6.86. The first-order chi connectivity index (χ1) is 7.29. The van der Waals surface area contributed by atoms with Gasteiger partial charge in [-0.25, -0.2) is 0 Å². The van der Waals surface area contributed by atoms with Gasteiger partial charge >= 0.3 is 0 Å². The predicted molar refractivity (Wildman–Crippen MR) is 64.0 cm³/mol. The zero-order valence-corrected chi connectivity index (χ0v) is 10.1. The van der Waals surface area contributed by atoms with Crippen molar-refractivity contribution >= 4 is 0 Å². The SMILES string of the molecule is CNC1CN(CC2CCNCC2)CC1C. The predicted octanol–water partition coefficient (Wildman–Crippen LogP) is 0.526. The Morgan fingerprint density at radius 1 is 1.27 bits per heavy atom. The normalized spacial score (nSPS) is 34.8. The maximum Gasteiger partial charge on any atom is 0.0229 e. The van der Waals surface area contributed by atoms with Crippen molar-refractivity contribution in [2.75, 3.05) is 39.8 Å². The molecule has 0 bridgehead atoms. The minimum Gasteiger partial charge on any atom is -0.317 e. The first-order valence-electron chi connectivity index (χ1n) is 6.40. The molecular weight excluding hydrogens is 186 g/mol. The molecule has 2 aliphatic rings. The van der Waals surface area contributed by atoms with Gasteiger partial charge in [0.1, 0.15) is 0 Å². The minimum atomic E-state index is 0.715. The first-order valence-corrected chi connectivity index (χ1v) is 6.40. The van der Waals surface area contributed by atoms with Gasteiger partial charge < -0.3 is 15.5 Å². The fourth-order valence-electron chi connectivity index (χ4n) is 3.02. The van der Waals surface area contributed by atoms with Gasteiger partial charge in [-0.2, -0.15) is 0 Å². The summed E-state index contributed by atoms with van der Waals surface area (Å²) >= 11 is 0. The Hall–Kier alpha value is -0.120. The van der Waals surface area contributed by atoms with Crippen LogP contribution in [0, 0.1) is 11.8 Å². The molecule has 2 rings (SSSR count). The van der Waals surface area contributed by atoms with E-state index < -0.39 is 0 Å². The Labute approximate surface area is 93.6 Å². The largest absolute Gasteiger partial charge is 0.317 e. The second-order valence-electron chi connectivity index (χ2n) is 5.28. The van der Waals surface area contributed by atoms with Gasteiger partial charge in [-0.3, -0.25) is 0 Å². The number of piperidine rings is 1. The van der Waals surface area contributed by atoms with Crippen LogP contribution >= 0.6 is 0 Å². The van der Waals surface area contributed by atoms with Crippen LogP contribution in [0.2, 0.25) is 0 Å². The zero-order valence-electron chi connectivity index (χ0n) is 10.1. The Morgan fingerprint density at radius 3 is 2.60 bits per heavy atom. The zero-order chi connectivity index (χ0) is 10.7. The molecular formula is C12H25N3. The third kappa shape index (κ3) is 2.92. The van der Waals surface area contributed by atoms with Crippen LogP contribution in [0.4, 0.5) is 0 Å². The highest BCUT2D eigenvalue weighted by Crippen LogP contribution is 2.20. The molecule has 2 unspecified atom stereocenters. The maximum atomic E-state index is 3.44. The van der Waals surface area contributed by atoms with Crippen molar-refractivity contribution in [1.82, 2.24) is 15.5 Å². The number of nitrogens with one attached hydrogen (secondary N) is 2. The van der Waals surface area contributed by atoms with E-state index in [1.54, 1.807) is 0 Å². The maximum absolute atomic E-state index is 3.44. The van der Waals surface area contributed by atoms with E-state index in [-0.39, 0.29) is 0 Å². The molecule has 2 atom stereocenters. The molecule has 3 heteroatoms. The quantitative estimate of drug-likeness (QED) is 0.713. The van der Waals surface area contributed by atoms with Crippen LogP contribution in [0.3, 0.4) is 0 Å². The molecule has 0 aromatic rings. The summed E-state index contributed by atoms with van der Waals surface area (Å²) < 4.78 is 0. The van der Waals surface area contributed by atoms with E-state index in [1.165, 1.54) is 45.6 Å². The third-order valence-corrected chi connectivity index (χ3v) is 4.03. The number of nitrogens with zero attached hydrogens (tertiary/aromatic N) is 1. The highest BCUT2D eigenvalue weighted by molar-refractivity contribution is 4.87. The van der Waals surface area contributed by atoms with Crippen LogP contribution in [-0.2, 0) is 0 Å². The molecule has 2 N–H and O–H groups in total. The summed E-state index contributed by atoms with van der Waals surface area (Å²) in [4.78, 5) is 2.65. The lowest BCUT2D eigenvalue weighted by molar-refractivity contribution is 0.234. The second-order valence-corrected chi connectivity index (χ2v) is 5.28. The molecule has 0 aromatic heterocycles. The Morgan fingerprint density at radius 2 is 2.00 bits per heavy atom. The highest BCUT2D eigenvalue weighted by Gasteiger charge is 2.29. The van der Waals surface area contributed by atoms with E-state index >= 15 is 0 Å². The van der Waals surface area contributed by atoms with Crippen LogP contribution in [0.5, 0.6) is 0 Å². The van der Waals surface area contributed by atoms with Crippen molar-refractivity contribution in [3.63, 3.8) is 0 Å². The molecule has 0 aromatic carbocycles. The lowest BCUT2D eigenvalue weighted by atomic mass is 9.98. The monoisotopic (exact) mass is 211 g/mol. The Kier molecular flexibility index (Phi) is 4.00. The standard InChI is InChI=1S/C12H25N3/c1-10-7-15(9-12(10)13-2)8-11-3-5-14-6-4-11/h10-14H,3-9H2,1-2H3. The third-order valence-electron chi connectivity index (χ3n) is 4.03. The lowest BCUT2D eigenvalue weighted by Gasteiger charge is -2.27. The van der Waals surface area contributed by atoms with Crippen molar-refractivity contribution < 1.29 is 0 Å². The highest BCUT2D eigenvalue weighted by atomic mass is 15.2. The van der Waals surface area contributed by atoms with E-state index in [0.29, 0.717) is 6.04 Å². The van der Waals surface area contributed by atoms with E-state index in [1.807, 2.05) is 0 Å². The van der Waals surface area contributed by atoms with E-state index in [2.05, 4.69) is 29.5 Å². The molecule has 0 radical (unpaired) electrons. The molecule has 0 saturated carbocycles. The van der Waals surface area contributed by atoms with Crippen LogP contribution < -0.4 is 10.6 Å². The van der Waals surface area contributed by atoms with Gasteiger partial charge in [0.2, 0.25) is 0 Å². The van der Waals surface area contributed by atoms with Gasteiger partial charge in [0.05, 0.1) is 0 Å². The second kappa shape index (κ2) is 5.28. The minimum absolute atomic E-state index is 0.715. The number of hydrogen-bond donors (Lipinski definition) is 2. The average Bonchev–Trinajstić information content (AvgIpc) is 2.60. The van der Waals surface area contributed by atoms with E-state index in [4.69, 9.17) is 0 Å². The first kappa shape index (κ1) is 11.4. The molecule has 0 amide bonds. The summed E-state index contributed by atoms with van der Waals surface area (Å²) in [5.41, 5.74) is 0. The fraction of sp³-hybridized carbons (Fsp3) is 1.00. The van der Waals surface area contributed by atoms with E-state index in [0.717, 1.165) is 11.8 Å². The van der Waals surface area contributed by atoms with Gasteiger partial charge in [0.25, 0.3) is 0 Å². The van der Waals surface area contributed by atoms with Crippen molar-refractivity contribution in [2.24, 2.45) is 11.8 Å². The summed E-state index contributed by atoms with van der Waals surface area (Å²) in [6, 6.07) is 0.715. The molecule has 2 aliphatic heterocycles. The molecule has 0 spiro atoms. The smallest absolute Gasteiger partial charge is 0.0229 e. The number of hydrogen-bond acceptors (Lipinski definition) is 3. The fourth-order valence-corrected chi connectivity index (χ4v) is 3.02. The average molecular weight is 211 g/mol. The van der Waals surface area contributed by atoms with Crippen molar-refractivity contribution in [3.8, 4) is 0 Å². The van der Waals surface area contributed by atoms with E-state index in [9.17, 15) is 0 Å². The summed E-state index contributed by atoms with van der Waals surface area (Å²) in [5.74, 6) is 1.76. The number of rotatable bonds is 3. The molecule has 2 saturated heterocycles. The van der Waals surface area contributed by atoms with Gasteiger partial charge in [0.15, 0.2) is 0 Å². The molecule has 88 valence electrons. The van der Waals surface area contributed by atoms with Crippen molar-refractivity contribution in [1.29, 1.82) is 0 Å². The van der Waals surface area contributed by atoms with Gasteiger partial charge in [-0.15, -0.1) is 0 Å². The molecule has 3 nitrogen and oxygen atoms in total. The van der Waals surface area contributed by atoms with Crippen LogP contribution in [0.25, 0.3) is 0 Å². The van der Waals surface area contributed by atoms with Crippen LogP contribution in [0.15, 0.2) is 0 Å². The summed E-state index contributed by atoms with van der Waals surface area (Å²) in [6.07, 6.45) is 2.74. The summed E-state index contributed by atoms with van der Waals surface area (Å²) in [6.45, 7) is 8.68. The molecule has 2 fully saturated rings. The van der Waals surface area contributed by atoms with Crippen LogP contribution in [0.1, 0.15) is 19.8 Å². The topological polar surface area (TPSA) is 27.3 Å². The number of likely N-dealkylation sites (N-methyl/N-ethyl adjacent to an activating group) is 1. The number of likely N-dealkylation sites (tertiary alicyclic amines) is 1. The van der Waals surface area contributed by atoms with Gasteiger partial charge in [-0.1, -0.05) is 6.92 Å². The van der Waals surface area contributed by atoms with Gasteiger partial charge in [0, 0.05) is 25.7 Å². The van der Waals surface area contributed by atoms with Crippen molar-refractivity contribution in [2.45, 2.75) is 25.8 Å². The Balaban J connectivity index is 1.75. The molecule has 15 heavy (non-hydrogen) atoms. The Bertz CT molecular complexity index is 189. The van der Waals surface area contributed by atoms with Gasteiger partial charge in [-0.05, 0) is 44.8 Å².